The molecule has 110 valence electrons. The summed E-state index contributed by atoms with van der Waals surface area (Å²) in [5.41, 5.74) is -1.51. The number of fused-ring (bicyclic) bond motifs is 2. The van der Waals surface area contributed by atoms with Crippen LogP contribution in [0.5, 0.6) is 0 Å². The van der Waals surface area contributed by atoms with Gasteiger partial charge in [-0.05, 0) is 12.1 Å². The van der Waals surface area contributed by atoms with E-state index >= 15 is 0 Å². The maximum Gasteiger partial charge on any atom is 0.371 e. The zero-order valence-corrected chi connectivity index (χ0v) is 10.7. The highest BCUT2D eigenvalue weighted by atomic mass is 16.4. The molecule has 3 rings (SSSR count). The second-order valence-electron chi connectivity index (χ2n) is 4.40. The molecule has 8 nitrogen and oxygen atoms in total. The van der Waals surface area contributed by atoms with Crippen molar-refractivity contribution in [3.05, 3.63) is 56.2 Å². The van der Waals surface area contributed by atoms with Crippen LogP contribution in [-0.4, -0.2) is 22.2 Å². The first-order chi connectivity index (χ1) is 10.4. The first-order valence-corrected chi connectivity index (χ1v) is 5.89. The van der Waals surface area contributed by atoms with E-state index in [2.05, 4.69) is 0 Å². The van der Waals surface area contributed by atoms with E-state index < -0.39 is 34.3 Å². The van der Waals surface area contributed by atoms with E-state index in [9.17, 15) is 19.2 Å². The van der Waals surface area contributed by atoms with Crippen molar-refractivity contribution in [3.63, 3.8) is 0 Å². The largest absolute Gasteiger partial charge is 0.475 e. The number of rotatable bonds is 2. The van der Waals surface area contributed by atoms with Gasteiger partial charge in [-0.3, -0.25) is 9.59 Å². The molecule has 0 unspecified atom stereocenters. The van der Waals surface area contributed by atoms with Crippen molar-refractivity contribution < 1.29 is 28.6 Å². The molecule has 1 aromatic carbocycles. The summed E-state index contributed by atoms with van der Waals surface area (Å²) in [6.07, 6.45) is 0. The van der Waals surface area contributed by atoms with Gasteiger partial charge < -0.3 is 19.0 Å². The highest BCUT2D eigenvalue weighted by molar-refractivity contribution is 5.95. The van der Waals surface area contributed by atoms with E-state index in [1.54, 1.807) is 0 Å². The molecule has 3 aromatic rings. The second-order valence-corrected chi connectivity index (χ2v) is 4.40. The third kappa shape index (κ3) is 2.03. The third-order valence-electron chi connectivity index (χ3n) is 3.00. The quantitative estimate of drug-likeness (QED) is 0.676. The fourth-order valence-corrected chi connectivity index (χ4v) is 2.01. The maximum absolute atomic E-state index is 11.9. The van der Waals surface area contributed by atoms with Crippen molar-refractivity contribution in [3.8, 4) is 0 Å². The Kier molecular flexibility index (Phi) is 2.81. The van der Waals surface area contributed by atoms with Gasteiger partial charge in [0.1, 0.15) is 11.2 Å². The van der Waals surface area contributed by atoms with E-state index in [-0.39, 0.29) is 21.9 Å². The molecule has 0 radical (unpaired) electrons. The molecule has 0 aliphatic heterocycles. The average molecular weight is 302 g/mol. The summed E-state index contributed by atoms with van der Waals surface area (Å²) in [4.78, 5) is 45.5. The van der Waals surface area contributed by atoms with Crippen LogP contribution >= 0.6 is 0 Å². The Morgan fingerprint density at radius 1 is 0.727 bits per heavy atom. The van der Waals surface area contributed by atoms with Gasteiger partial charge in [0, 0.05) is 12.1 Å². The molecule has 0 spiro atoms. The SMILES string of the molecule is O=C(O)c1cc(=O)c2cc3oc(C(=O)O)cc(=O)c3cc2o1. The number of carbonyl (C=O) groups is 2. The number of benzene rings is 1. The summed E-state index contributed by atoms with van der Waals surface area (Å²) in [5, 5.41) is 17.7. The van der Waals surface area contributed by atoms with Crippen molar-refractivity contribution in [2.75, 3.05) is 0 Å². The average Bonchev–Trinajstić information content (AvgIpc) is 2.45. The zero-order chi connectivity index (χ0) is 16.0. The zero-order valence-electron chi connectivity index (χ0n) is 10.7. The van der Waals surface area contributed by atoms with E-state index in [0.717, 1.165) is 24.3 Å². The molecule has 0 fully saturated rings. The molecule has 8 heteroatoms. The van der Waals surface area contributed by atoms with Gasteiger partial charge >= 0.3 is 11.9 Å². The van der Waals surface area contributed by atoms with Crippen LogP contribution in [0, 0.1) is 0 Å². The maximum atomic E-state index is 11.9. The normalized spacial score (nSPS) is 10.9. The van der Waals surface area contributed by atoms with E-state index in [4.69, 9.17) is 19.0 Å². The standard InChI is InChI=1S/C14H6O8/c15-7-3-12(14(19)20)22-10-2-6-8(16)4-11(13(17)18)21-9(6)1-5(7)10/h1-4H,(H,17,18)(H,19,20). The van der Waals surface area contributed by atoms with Crippen LogP contribution < -0.4 is 10.9 Å². The smallest absolute Gasteiger partial charge is 0.371 e. The van der Waals surface area contributed by atoms with Crippen LogP contribution in [0.25, 0.3) is 21.9 Å². The fraction of sp³-hybridized carbons (Fsp3) is 0. The molecule has 0 aliphatic carbocycles. The minimum absolute atomic E-state index is 0.0248. The molecule has 0 amide bonds. The van der Waals surface area contributed by atoms with Crippen molar-refractivity contribution in [1.82, 2.24) is 0 Å². The van der Waals surface area contributed by atoms with Gasteiger partial charge in [0.15, 0.2) is 10.9 Å². The summed E-state index contributed by atoms with van der Waals surface area (Å²) in [6, 6.07) is 3.87. The Labute approximate surface area is 119 Å². The Bertz CT molecular complexity index is 982. The molecule has 2 N–H and O–H groups in total. The molecule has 0 aliphatic rings. The summed E-state index contributed by atoms with van der Waals surface area (Å²) >= 11 is 0. The number of carboxylic acids is 2. The number of aromatic carboxylic acids is 2. The number of carboxylic acid groups (broad SMARTS) is 2. The van der Waals surface area contributed by atoms with Crippen molar-refractivity contribution in [1.29, 1.82) is 0 Å². The van der Waals surface area contributed by atoms with Crippen molar-refractivity contribution >= 4 is 33.9 Å². The molecule has 0 atom stereocenters. The van der Waals surface area contributed by atoms with Gasteiger partial charge in [-0.25, -0.2) is 9.59 Å². The van der Waals surface area contributed by atoms with Crippen LogP contribution in [0.2, 0.25) is 0 Å². The molecular formula is C14H6O8. The summed E-state index contributed by atoms with van der Waals surface area (Å²) in [5.74, 6) is -3.98. The van der Waals surface area contributed by atoms with Gasteiger partial charge in [-0.15, -0.1) is 0 Å². The molecule has 2 heterocycles. The van der Waals surface area contributed by atoms with Crippen LogP contribution in [0.1, 0.15) is 21.1 Å². The lowest BCUT2D eigenvalue weighted by atomic mass is 10.1. The van der Waals surface area contributed by atoms with Gasteiger partial charge in [0.2, 0.25) is 11.5 Å². The van der Waals surface area contributed by atoms with Crippen molar-refractivity contribution in [2.24, 2.45) is 0 Å². The van der Waals surface area contributed by atoms with Crippen LogP contribution in [0.3, 0.4) is 0 Å². The molecule has 0 saturated heterocycles. The highest BCUT2D eigenvalue weighted by Gasteiger charge is 2.15. The van der Waals surface area contributed by atoms with E-state index in [1.165, 1.54) is 0 Å². The number of hydrogen-bond acceptors (Lipinski definition) is 6. The Morgan fingerprint density at radius 2 is 1.09 bits per heavy atom. The highest BCUT2D eigenvalue weighted by Crippen LogP contribution is 2.20. The van der Waals surface area contributed by atoms with Gasteiger partial charge in [0.05, 0.1) is 10.8 Å². The first kappa shape index (κ1) is 13.6. The van der Waals surface area contributed by atoms with Gasteiger partial charge in [0.25, 0.3) is 0 Å². The Morgan fingerprint density at radius 3 is 1.41 bits per heavy atom. The number of hydrogen-bond donors (Lipinski definition) is 2. The monoisotopic (exact) mass is 302 g/mol. The minimum atomic E-state index is -1.42. The first-order valence-electron chi connectivity index (χ1n) is 5.89. The molecule has 0 bridgehead atoms. The minimum Gasteiger partial charge on any atom is -0.475 e. The Hall–Kier alpha value is -3.42. The van der Waals surface area contributed by atoms with E-state index in [0.29, 0.717) is 0 Å². The van der Waals surface area contributed by atoms with Gasteiger partial charge in [-0.1, -0.05) is 0 Å². The Balaban J connectivity index is 2.46. The third-order valence-corrected chi connectivity index (χ3v) is 3.00. The fourth-order valence-electron chi connectivity index (χ4n) is 2.01. The molecule has 22 heavy (non-hydrogen) atoms. The van der Waals surface area contributed by atoms with Crippen LogP contribution in [0.15, 0.2) is 42.7 Å². The predicted molar refractivity (Wildman–Crippen MR) is 72.4 cm³/mol. The summed E-state index contributed by atoms with van der Waals surface area (Å²) in [7, 11) is 0. The second kappa shape index (κ2) is 4.55. The molecular weight excluding hydrogens is 296 g/mol. The predicted octanol–water partition coefficient (Wildman–Crippen LogP) is 1.30. The van der Waals surface area contributed by atoms with Crippen LogP contribution in [0.4, 0.5) is 0 Å². The van der Waals surface area contributed by atoms with Crippen LogP contribution in [-0.2, 0) is 0 Å². The lowest BCUT2D eigenvalue weighted by molar-refractivity contribution is 0.0653. The van der Waals surface area contributed by atoms with Crippen molar-refractivity contribution in [2.45, 2.75) is 0 Å². The lowest BCUT2D eigenvalue weighted by Gasteiger charge is -2.02. The lowest BCUT2D eigenvalue weighted by Crippen LogP contribution is -2.09. The molecule has 2 aromatic heterocycles. The summed E-state index contributed by atoms with van der Waals surface area (Å²) < 4.78 is 10.1. The topological polar surface area (TPSA) is 135 Å². The molecule has 0 saturated carbocycles. The van der Waals surface area contributed by atoms with Gasteiger partial charge in [-0.2, -0.15) is 0 Å². The summed E-state index contributed by atoms with van der Waals surface area (Å²) in [6.45, 7) is 0. The van der Waals surface area contributed by atoms with E-state index in [1.807, 2.05) is 0 Å².